The van der Waals surface area contributed by atoms with E-state index in [9.17, 15) is 9.90 Å². The van der Waals surface area contributed by atoms with Gasteiger partial charge in [-0.2, -0.15) is 0 Å². The Morgan fingerprint density at radius 2 is 2.30 bits per heavy atom. The van der Waals surface area contributed by atoms with E-state index >= 15 is 0 Å². The first kappa shape index (κ1) is 13.5. The maximum Gasteiger partial charge on any atom is 0.407 e. The maximum absolute atomic E-state index is 11.3. The average Bonchev–Trinajstić information content (AvgIpc) is 3.17. The van der Waals surface area contributed by atoms with Gasteiger partial charge in [0.1, 0.15) is 5.82 Å². The highest BCUT2D eigenvalue weighted by molar-refractivity contribution is 6.30. The molecule has 2 fully saturated rings. The second-order valence-corrected chi connectivity index (χ2v) is 6.26. The minimum Gasteiger partial charge on any atom is -0.465 e. The highest BCUT2D eigenvalue weighted by Crippen LogP contribution is 2.55. The van der Waals surface area contributed by atoms with Crippen molar-refractivity contribution in [3.8, 4) is 0 Å². The van der Waals surface area contributed by atoms with Crippen molar-refractivity contribution in [1.82, 2.24) is 9.88 Å². The van der Waals surface area contributed by atoms with E-state index in [1.54, 1.807) is 17.2 Å². The molecule has 2 heterocycles. The quantitative estimate of drug-likeness (QED) is 0.899. The fraction of sp³-hybridized carbons (Fsp3) is 0.571. The van der Waals surface area contributed by atoms with Crippen molar-refractivity contribution in [2.24, 2.45) is 5.41 Å². The van der Waals surface area contributed by atoms with E-state index in [0.29, 0.717) is 23.5 Å². The SMILES string of the molecule is O=C(O)N1CCC2(CC2)CC1CNc1ccc(Cl)cn1. The van der Waals surface area contributed by atoms with E-state index in [2.05, 4.69) is 10.3 Å². The van der Waals surface area contributed by atoms with Gasteiger partial charge >= 0.3 is 6.09 Å². The number of amides is 1. The van der Waals surface area contributed by atoms with Crippen LogP contribution in [0.25, 0.3) is 0 Å². The van der Waals surface area contributed by atoms with Gasteiger partial charge in [-0.15, -0.1) is 0 Å². The van der Waals surface area contributed by atoms with Crippen LogP contribution in [0.2, 0.25) is 5.02 Å². The van der Waals surface area contributed by atoms with Gasteiger partial charge in [-0.25, -0.2) is 9.78 Å². The zero-order valence-electron chi connectivity index (χ0n) is 11.2. The predicted molar refractivity (Wildman–Crippen MR) is 77.2 cm³/mol. The number of halogens is 1. The van der Waals surface area contributed by atoms with Gasteiger partial charge < -0.3 is 15.3 Å². The predicted octanol–water partition coefficient (Wildman–Crippen LogP) is 3.07. The lowest BCUT2D eigenvalue weighted by Gasteiger charge is -2.38. The number of carbonyl (C=O) groups is 1. The number of hydrogen-bond donors (Lipinski definition) is 2. The van der Waals surface area contributed by atoms with Crippen LogP contribution in [0.15, 0.2) is 18.3 Å². The van der Waals surface area contributed by atoms with Gasteiger partial charge in [-0.1, -0.05) is 11.6 Å². The number of hydrogen-bond acceptors (Lipinski definition) is 3. The molecule has 1 saturated carbocycles. The van der Waals surface area contributed by atoms with Gasteiger partial charge in [-0.3, -0.25) is 0 Å². The lowest BCUT2D eigenvalue weighted by Crippen LogP contribution is -2.49. The van der Waals surface area contributed by atoms with Crippen molar-refractivity contribution in [1.29, 1.82) is 0 Å². The van der Waals surface area contributed by atoms with Crippen LogP contribution < -0.4 is 5.32 Å². The first-order valence-electron chi connectivity index (χ1n) is 6.93. The van der Waals surface area contributed by atoms with Crippen LogP contribution in [-0.4, -0.2) is 40.2 Å². The Labute approximate surface area is 122 Å². The zero-order chi connectivity index (χ0) is 14.2. The summed E-state index contributed by atoms with van der Waals surface area (Å²) in [5.41, 5.74) is 0.422. The van der Waals surface area contributed by atoms with E-state index in [1.165, 1.54) is 12.8 Å². The van der Waals surface area contributed by atoms with Crippen molar-refractivity contribution in [3.63, 3.8) is 0 Å². The second kappa shape index (κ2) is 5.13. The van der Waals surface area contributed by atoms with Gasteiger partial charge in [0.15, 0.2) is 0 Å². The molecule has 5 nitrogen and oxygen atoms in total. The third kappa shape index (κ3) is 2.82. The highest BCUT2D eigenvalue weighted by atomic mass is 35.5. The number of nitrogens with one attached hydrogen (secondary N) is 1. The molecule has 1 aliphatic heterocycles. The van der Waals surface area contributed by atoms with Crippen LogP contribution in [0.5, 0.6) is 0 Å². The van der Waals surface area contributed by atoms with Gasteiger partial charge in [0, 0.05) is 19.3 Å². The van der Waals surface area contributed by atoms with Crippen molar-refractivity contribution in [3.05, 3.63) is 23.4 Å². The Balaban J connectivity index is 1.63. The lowest BCUT2D eigenvalue weighted by atomic mass is 9.88. The molecule has 6 heteroatoms. The summed E-state index contributed by atoms with van der Waals surface area (Å²) < 4.78 is 0. The molecule has 1 unspecified atom stereocenters. The molecule has 1 saturated heterocycles. The minimum absolute atomic E-state index is 0.0289. The standard InChI is InChI=1S/C14H18ClN3O2/c15-10-1-2-12(16-8-10)17-9-11-7-14(3-4-14)5-6-18(11)13(19)20/h1-2,8,11H,3-7,9H2,(H,16,17)(H,19,20). The summed E-state index contributed by atoms with van der Waals surface area (Å²) in [6, 6.07) is 3.61. The average molecular weight is 296 g/mol. The van der Waals surface area contributed by atoms with Crippen LogP contribution in [0.1, 0.15) is 25.7 Å². The number of aromatic nitrogens is 1. The third-order valence-corrected chi connectivity index (χ3v) is 4.67. The van der Waals surface area contributed by atoms with Crippen molar-refractivity contribution in [2.45, 2.75) is 31.7 Å². The Kier molecular flexibility index (Phi) is 3.46. The maximum atomic E-state index is 11.3. The number of nitrogens with zero attached hydrogens (tertiary/aromatic N) is 2. The fourth-order valence-corrected chi connectivity index (χ4v) is 3.13. The first-order chi connectivity index (χ1) is 9.58. The first-order valence-corrected chi connectivity index (χ1v) is 7.31. The number of carboxylic acid groups (broad SMARTS) is 1. The van der Waals surface area contributed by atoms with Crippen molar-refractivity contribution >= 4 is 23.5 Å². The van der Waals surface area contributed by atoms with E-state index in [0.717, 1.165) is 18.7 Å². The van der Waals surface area contributed by atoms with Gasteiger partial charge in [0.05, 0.1) is 11.1 Å². The van der Waals surface area contributed by atoms with Crippen molar-refractivity contribution in [2.75, 3.05) is 18.4 Å². The number of piperidine rings is 1. The van der Waals surface area contributed by atoms with E-state index in [1.807, 2.05) is 6.07 Å². The number of anilines is 1. The van der Waals surface area contributed by atoms with Gasteiger partial charge in [0.2, 0.25) is 0 Å². The van der Waals surface area contributed by atoms with Crippen molar-refractivity contribution < 1.29 is 9.90 Å². The molecule has 1 aliphatic carbocycles. The number of rotatable bonds is 3. The molecule has 1 spiro atoms. The molecule has 0 bridgehead atoms. The summed E-state index contributed by atoms with van der Waals surface area (Å²) in [5.74, 6) is 0.732. The van der Waals surface area contributed by atoms with E-state index in [4.69, 9.17) is 11.6 Å². The Bertz CT molecular complexity index is 502. The number of likely N-dealkylation sites (tertiary alicyclic amines) is 1. The Morgan fingerprint density at radius 1 is 1.50 bits per heavy atom. The highest BCUT2D eigenvalue weighted by Gasteiger charge is 2.48. The molecule has 3 rings (SSSR count). The summed E-state index contributed by atoms with van der Waals surface area (Å²) in [5, 5.41) is 13.1. The largest absolute Gasteiger partial charge is 0.465 e. The molecule has 1 amide bonds. The van der Waals surface area contributed by atoms with Crippen LogP contribution in [-0.2, 0) is 0 Å². The zero-order valence-corrected chi connectivity index (χ0v) is 11.9. The molecule has 1 aromatic heterocycles. The fourth-order valence-electron chi connectivity index (χ4n) is 3.02. The molecule has 2 aliphatic rings. The lowest BCUT2D eigenvalue weighted by molar-refractivity contribution is 0.0886. The molecule has 1 aromatic rings. The van der Waals surface area contributed by atoms with Crippen LogP contribution >= 0.6 is 11.6 Å². The molecule has 2 N–H and O–H groups in total. The van der Waals surface area contributed by atoms with E-state index < -0.39 is 6.09 Å². The molecule has 108 valence electrons. The Morgan fingerprint density at radius 3 is 2.90 bits per heavy atom. The summed E-state index contributed by atoms with van der Waals surface area (Å²) in [6.45, 7) is 1.25. The summed E-state index contributed by atoms with van der Waals surface area (Å²) in [4.78, 5) is 17.1. The summed E-state index contributed by atoms with van der Waals surface area (Å²) in [6.07, 6.45) is 5.22. The number of pyridine rings is 1. The Hall–Kier alpha value is -1.49. The summed E-state index contributed by atoms with van der Waals surface area (Å²) >= 11 is 5.79. The topological polar surface area (TPSA) is 65.5 Å². The third-order valence-electron chi connectivity index (χ3n) is 4.44. The monoisotopic (exact) mass is 295 g/mol. The molecular formula is C14H18ClN3O2. The molecule has 0 aromatic carbocycles. The molecule has 1 atom stereocenters. The minimum atomic E-state index is -0.823. The van der Waals surface area contributed by atoms with Gasteiger partial charge in [0.25, 0.3) is 0 Å². The van der Waals surface area contributed by atoms with Crippen LogP contribution in [0.4, 0.5) is 10.6 Å². The molecule has 20 heavy (non-hydrogen) atoms. The van der Waals surface area contributed by atoms with Gasteiger partial charge in [-0.05, 0) is 43.2 Å². The second-order valence-electron chi connectivity index (χ2n) is 5.83. The molecule has 0 radical (unpaired) electrons. The van der Waals surface area contributed by atoms with Crippen LogP contribution in [0, 0.1) is 5.41 Å². The van der Waals surface area contributed by atoms with E-state index in [-0.39, 0.29) is 6.04 Å². The summed E-state index contributed by atoms with van der Waals surface area (Å²) in [7, 11) is 0. The molecular weight excluding hydrogens is 278 g/mol. The smallest absolute Gasteiger partial charge is 0.407 e. The van der Waals surface area contributed by atoms with Crippen LogP contribution in [0.3, 0.4) is 0 Å². The normalized spacial score (nSPS) is 23.6.